The van der Waals surface area contributed by atoms with Crippen LogP contribution in [0.4, 0.5) is 4.79 Å². The maximum atomic E-state index is 11.9. The van der Waals surface area contributed by atoms with E-state index in [-0.39, 0.29) is 5.91 Å². The summed E-state index contributed by atoms with van der Waals surface area (Å²) in [6.07, 6.45) is 0.656. The van der Waals surface area contributed by atoms with Gasteiger partial charge < -0.3 is 22.1 Å². The minimum Gasteiger partial charge on any atom is -0.352 e. The second-order valence-electron chi connectivity index (χ2n) is 3.74. The lowest BCUT2D eigenvalue weighted by molar-refractivity contribution is 0.0953. The van der Waals surface area contributed by atoms with Crippen LogP contribution in [0, 0.1) is 0 Å². The second-order valence-corrected chi connectivity index (χ2v) is 3.74. The third kappa shape index (κ3) is 4.42. The van der Waals surface area contributed by atoms with Crippen molar-refractivity contribution in [2.75, 3.05) is 19.6 Å². The summed E-state index contributed by atoms with van der Waals surface area (Å²) in [5.41, 5.74) is 11.9. The van der Waals surface area contributed by atoms with Crippen LogP contribution in [0.25, 0.3) is 0 Å². The zero-order valence-electron chi connectivity index (χ0n) is 10.1. The number of rotatable bonds is 6. The SMILES string of the molecule is NCCc1ccccc1C(=O)NCCNC(N)=O. The Morgan fingerprint density at radius 2 is 1.78 bits per heavy atom. The molecule has 0 aliphatic heterocycles. The van der Waals surface area contributed by atoms with Crippen molar-refractivity contribution in [3.8, 4) is 0 Å². The molecule has 1 aromatic carbocycles. The van der Waals surface area contributed by atoms with Gasteiger partial charge in [-0.3, -0.25) is 4.79 Å². The molecule has 0 unspecified atom stereocenters. The first-order chi connectivity index (χ1) is 8.65. The molecule has 0 atom stereocenters. The van der Waals surface area contributed by atoms with Crippen molar-refractivity contribution in [1.82, 2.24) is 10.6 Å². The van der Waals surface area contributed by atoms with Crippen LogP contribution in [-0.4, -0.2) is 31.6 Å². The van der Waals surface area contributed by atoms with E-state index in [1.54, 1.807) is 12.1 Å². The highest BCUT2D eigenvalue weighted by atomic mass is 16.2. The van der Waals surface area contributed by atoms with Crippen LogP contribution in [0.1, 0.15) is 15.9 Å². The number of urea groups is 1. The standard InChI is InChI=1S/C12H18N4O2/c13-6-5-9-3-1-2-4-10(9)11(17)15-7-8-16-12(14)18/h1-4H,5-8,13H2,(H,15,17)(H3,14,16,18). The fraction of sp³-hybridized carbons (Fsp3) is 0.333. The molecule has 0 aliphatic carbocycles. The number of nitrogens with two attached hydrogens (primary N) is 2. The highest BCUT2D eigenvalue weighted by Gasteiger charge is 2.09. The van der Waals surface area contributed by atoms with Gasteiger partial charge in [0.15, 0.2) is 0 Å². The topological polar surface area (TPSA) is 110 Å². The maximum absolute atomic E-state index is 11.9. The lowest BCUT2D eigenvalue weighted by Gasteiger charge is -2.09. The molecule has 0 saturated heterocycles. The molecule has 18 heavy (non-hydrogen) atoms. The lowest BCUT2D eigenvalue weighted by atomic mass is 10.0. The Morgan fingerprint density at radius 3 is 2.44 bits per heavy atom. The smallest absolute Gasteiger partial charge is 0.312 e. The fourth-order valence-electron chi connectivity index (χ4n) is 1.57. The summed E-state index contributed by atoms with van der Waals surface area (Å²) in [6.45, 7) is 1.13. The van der Waals surface area contributed by atoms with E-state index in [1.165, 1.54) is 0 Å². The van der Waals surface area contributed by atoms with Crippen molar-refractivity contribution in [2.45, 2.75) is 6.42 Å². The molecule has 6 N–H and O–H groups in total. The lowest BCUT2D eigenvalue weighted by Crippen LogP contribution is -2.37. The molecule has 1 rings (SSSR count). The van der Waals surface area contributed by atoms with Crippen LogP contribution in [-0.2, 0) is 6.42 Å². The Hall–Kier alpha value is -2.08. The largest absolute Gasteiger partial charge is 0.352 e. The summed E-state index contributed by atoms with van der Waals surface area (Å²) in [5, 5.41) is 5.10. The van der Waals surface area contributed by atoms with Gasteiger partial charge in [0.1, 0.15) is 0 Å². The van der Waals surface area contributed by atoms with Crippen LogP contribution >= 0.6 is 0 Å². The van der Waals surface area contributed by atoms with E-state index in [9.17, 15) is 9.59 Å². The molecule has 0 aliphatic rings. The van der Waals surface area contributed by atoms with Gasteiger partial charge in [-0.2, -0.15) is 0 Å². The molecule has 6 nitrogen and oxygen atoms in total. The molecule has 0 saturated carbocycles. The van der Waals surface area contributed by atoms with Crippen LogP contribution < -0.4 is 22.1 Å². The summed E-state index contributed by atoms with van der Waals surface area (Å²) in [7, 11) is 0. The van der Waals surface area contributed by atoms with Gasteiger partial charge in [-0.05, 0) is 24.6 Å². The molecule has 0 fully saturated rings. The van der Waals surface area contributed by atoms with Crippen LogP contribution in [0.5, 0.6) is 0 Å². The van der Waals surface area contributed by atoms with Gasteiger partial charge in [0.05, 0.1) is 0 Å². The van der Waals surface area contributed by atoms with Gasteiger partial charge in [-0.1, -0.05) is 18.2 Å². The first-order valence-electron chi connectivity index (χ1n) is 5.74. The second kappa shape index (κ2) is 7.29. The Morgan fingerprint density at radius 1 is 1.11 bits per heavy atom. The third-order valence-corrected chi connectivity index (χ3v) is 2.39. The number of amides is 3. The van der Waals surface area contributed by atoms with Gasteiger partial charge in [0.25, 0.3) is 5.91 Å². The highest BCUT2D eigenvalue weighted by Crippen LogP contribution is 2.08. The molecule has 0 aromatic heterocycles. The minimum atomic E-state index is -0.604. The molecule has 6 heteroatoms. The fourth-order valence-corrected chi connectivity index (χ4v) is 1.57. The van der Waals surface area contributed by atoms with Crippen LogP contribution in [0.15, 0.2) is 24.3 Å². The van der Waals surface area contributed by atoms with E-state index in [1.807, 2.05) is 12.1 Å². The predicted molar refractivity (Wildman–Crippen MR) is 69.1 cm³/mol. The van der Waals surface area contributed by atoms with Crippen LogP contribution in [0.2, 0.25) is 0 Å². The van der Waals surface area contributed by atoms with Gasteiger partial charge in [-0.15, -0.1) is 0 Å². The van der Waals surface area contributed by atoms with E-state index in [4.69, 9.17) is 11.5 Å². The summed E-state index contributed by atoms with van der Waals surface area (Å²) in [4.78, 5) is 22.3. The van der Waals surface area contributed by atoms with Crippen molar-refractivity contribution < 1.29 is 9.59 Å². The monoisotopic (exact) mass is 250 g/mol. The summed E-state index contributed by atoms with van der Waals surface area (Å²) >= 11 is 0. The van der Waals surface area contributed by atoms with Gasteiger partial charge in [0, 0.05) is 18.7 Å². The normalized spacial score (nSPS) is 9.83. The van der Waals surface area contributed by atoms with E-state index < -0.39 is 6.03 Å². The predicted octanol–water partition coefficient (Wildman–Crippen LogP) is -0.414. The van der Waals surface area contributed by atoms with E-state index in [0.29, 0.717) is 31.6 Å². The average molecular weight is 250 g/mol. The van der Waals surface area contributed by atoms with Crippen molar-refractivity contribution >= 4 is 11.9 Å². The highest BCUT2D eigenvalue weighted by molar-refractivity contribution is 5.95. The molecular weight excluding hydrogens is 232 g/mol. The van der Waals surface area contributed by atoms with Gasteiger partial charge >= 0.3 is 6.03 Å². The molecule has 0 heterocycles. The minimum absolute atomic E-state index is 0.176. The number of nitrogens with one attached hydrogen (secondary N) is 2. The molecule has 0 spiro atoms. The number of hydrogen-bond donors (Lipinski definition) is 4. The van der Waals surface area contributed by atoms with Crippen molar-refractivity contribution in [3.05, 3.63) is 35.4 Å². The zero-order chi connectivity index (χ0) is 13.4. The zero-order valence-corrected chi connectivity index (χ0v) is 10.1. The first-order valence-corrected chi connectivity index (χ1v) is 5.74. The summed E-state index contributed by atoms with van der Waals surface area (Å²) in [6, 6.07) is 6.70. The van der Waals surface area contributed by atoms with Crippen molar-refractivity contribution in [2.24, 2.45) is 11.5 Å². The number of benzene rings is 1. The number of hydrogen-bond acceptors (Lipinski definition) is 3. The molecule has 3 amide bonds. The van der Waals surface area contributed by atoms with E-state index in [2.05, 4.69) is 10.6 Å². The Kier molecular flexibility index (Phi) is 5.66. The van der Waals surface area contributed by atoms with E-state index >= 15 is 0 Å². The molecule has 98 valence electrons. The number of primary amides is 1. The van der Waals surface area contributed by atoms with E-state index in [0.717, 1.165) is 5.56 Å². The summed E-state index contributed by atoms with van der Waals surface area (Å²) in [5.74, 6) is -0.176. The molecule has 1 aromatic rings. The van der Waals surface area contributed by atoms with Crippen LogP contribution in [0.3, 0.4) is 0 Å². The number of carbonyl (C=O) groups excluding carboxylic acids is 2. The molecule has 0 bridgehead atoms. The average Bonchev–Trinajstić information content (AvgIpc) is 2.35. The molecule has 0 radical (unpaired) electrons. The number of carbonyl (C=O) groups is 2. The molecular formula is C12H18N4O2. The third-order valence-electron chi connectivity index (χ3n) is 2.39. The Labute approximate surface area is 106 Å². The first kappa shape index (κ1) is 14.0. The Balaban J connectivity index is 2.53. The Bertz CT molecular complexity index is 420. The van der Waals surface area contributed by atoms with Crippen molar-refractivity contribution in [3.63, 3.8) is 0 Å². The summed E-state index contributed by atoms with van der Waals surface area (Å²) < 4.78 is 0. The van der Waals surface area contributed by atoms with Gasteiger partial charge in [-0.25, -0.2) is 4.79 Å². The maximum Gasteiger partial charge on any atom is 0.312 e. The van der Waals surface area contributed by atoms with Gasteiger partial charge in [0.2, 0.25) is 0 Å². The van der Waals surface area contributed by atoms with Crippen molar-refractivity contribution in [1.29, 1.82) is 0 Å². The quantitative estimate of drug-likeness (QED) is 0.515.